The summed E-state index contributed by atoms with van der Waals surface area (Å²) in [5, 5.41) is 0. The second kappa shape index (κ2) is 5.57. The van der Waals surface area contributed by atoms with E-state index in [0.29, 0.717) is 0 Å². The monoisotopic (exact) mass is 274 g/mol. The van der Waals surface area contributed by atoms with E-state index in [2.05, 4.69) is 0 Å². The Morgan fingerprint density at radius 2 is 1.58 bits per heavy atom. The third-order valence-electron chi connectivity index (χ3n) is 3.11. The lowest BCUT2D eigenvalue weighted by atomic mass is 10.1. The first-order chi connectivity index (χ1) is 8.96. The molecule has 2 nitrogen and oxygen atoms in total. The van der Waals surface area contributed by atoms with Crippen LogP contribution >= 0.6 is 0 Å². The summed E-state index contributed by atoms with van der Waals surface area (Å²) in [6, 6.07) is 15.2. The Morgan fingerprint density at radius 3 is 2.26 bits per heavy atom. The fraction of sp³-hybridized carbons (Fsp3) is 0.250. The van der Waals surface area contributed by atoms with Crippen LogP contribution in [0.5, 0.6) is 0 Å². The van der Waals surface area contributed by atoms with Gasteiger partial charge in [-0.3, -0.25) is 0 Å². The lowest BCUT2D eigenvalue weighted by molar-refractivity contribution is 0.594. The highest BCUT2D eigenvalue weighted by molar-refractivity contribution is 7.89. The highest BCUT2D eigenvalue weighted by Crippen LogP contribution is 2.17. The van der Waals surface area contributed by atoms with Crippen LogP contribution in [0.1, 0.15) is 22.3 Å². The van der Waals surface area contributed by atoms with Gasteiger partial charge in [-0.2, -0.15) is 0 Å². The lowest BCUT2D eigenvalue weighted by Gasteiger charge is -2.08. The lowest BCUT2D eigenvalue weighted by Crippen LogP contribution is -2.08. The first kappa shape index (κ1) is 13.8. The van der Waals surface area contributed by atoms with Crippen LogP contribution in [-0.2, 0) is 21.3 Å². The summed E-state index contributed by atoms with van der Waals surface area (Å²) in [4.78, 5) is 0. The van der Waals surface area contributed by atoms with E-state index in [1.165, 1.54) is 0 Å². The smallest absolute Gasteiger partial charge is 0.158 e. The van der Waals surface area contributed by atoms with Gasteiger partial charge in [-0.1, -0.05) is 54.1 Å². The van der Waals surface area contributed by atoms with Crippen LogP contribution in [0.15, 0.2) is 48.5 Å². The minimum Gasteiger partial charge on any atom is -0.228 e. The van der Waals surface area contributed by atoms with Gasteiger partial charge in [0.1, 0.15) is 0 Å². The van der Waals surface area contributed by atoms with Gasteiger partial charge in [0, 0.05) is 0 Å². The molecule has 0 fully saturated rings. The second-order valence-corrected chi connectivity index (χ2v) is 7.01. The maximum atomic E-state index is 12.2. The van der Waals surface area contributed by atoms with Gasteiger partial charge in [-0.25, -0.2) is 8.42 Å². The highest BCUT2D eigenvalue weighted by Gasteiger charge is 2.14. The van der Waals surface area contributed by atoms with Crippen molar-refractivity contribution < 1.29 is 8.42 Å². The van der Waals surface area contributed by atoms with Crippen LogP contribution in [0, 0.1) is 13.8 Å². The van der Waals surface area contributed by atoms with Crippen molar-refractivity contribution in [3.63, 3.8) is 0 Å². The molecule has 0 aromatic heterocycles. The Bertz CT molecular complexity index is 658. The predicted molar refractivity (Wildman–Crippen MR) is 78.7 cm³/mol. The number of rotatable bonds is 4. The fourth-order valence-electron chi connectivity index (χ4n) is 2.07. The van der Waals surface area contributed by atoms with Gasteiger partial charge in [0.15, 0.2) is 9.84 Å². The van der Waals surface area contributed by atoms with Crippen molar-refractivity contribution >= 4 is 9.84 Å². The van der Waals surface area contributed by atoms with Crippen LogP contribution in [0.25, 0.3) is 0 Å². The van der Waals surface area contributed by atoms with Crippen LogP contribution in [0.2, 0.25) is 0 Å². The maximum Gasteiger partial charge on any atom is 0.158 e. The van der Waals surface area contributed by atoms with E-state index in [1.807, 2.05) is 62.4 Å². The molecule has 0 saturated carbocycles. The van der Waals surface area contributed by atoms with E-state index in [-0.39, 0.29) is 11.5 Å². The molecule has 0 bridgehead atoms. The van der Waals surface area contributed by atoms with Gasteiger partial charge in [0.2, 0.25) is 0 Å². The van der Waals surface area contributed by atoms with Gasteiger partial charge in [0.25, 0.3) is 0 Å². The van der Waals surface area contributed by atoms with E-state index in [1.54, 1.807) is 0 Å². The van der Waals surface area contributed by atoms with Crippen molar-refractivity contribution in [2.75, 3.05) is 0 Å². The molecule has 2 aromatic carbocycles. The molecular formula is C16H18O2S. The minimum absolute atomic E-state index is 0.0984. The zero-order valence-electron chi connectivity index (χ0n) is 11.3. The second-order valence-electron chi connectivity index (χ2n) is 4.95. The molecular weight excluding hydrogens is 256 g/mol. The third kappa shape index (κ3) is 3.93. The standard InChI is InChI=1S/C16H18O2S/c1-13-8-9-14(2)16(10-13)12-19(17,18)11-15-6-4-3-5-7-15/h3-10H,11-12H2,1-2H3. The van der Waals surface area contributed by atoms with Crippen molar-refractivity contribution in [1.82, 2.24) is 0 Å². The van der Waals surface area contributed by atoms with Gasteiger partial charge in [-0.15, -0.1) is 0 Å². The molecule has 0 aliphatic carbocycles. The van der Waals surface area contributed by atoms with E-state index in [0.717, 1.165) is 22.3 Å². The normalized spacial score (nSPS) is 11.5. The number of benzene rings is 2. The highest BCUT2D eigenvalue weighted by atomic mass is 32.2. The Labute approximate surface area is 115 Å². The van der Waals surface area contributed by atoms with Gasteiger partial charge in [-0.05, 0) is 30.5 Å². The molecule has 0 heterocycles. The van der Waals surface area contributed by atoms with E-state index < -0.39 is 9.84 Å². The van der Waals surface area contributed by atoms with Gasteiger partial charge < -0.3 is 0 Å². The SMILES string of the molecule is Cc1ccc(C)c(CS(=O)(=O)Cc2ccccc2)c1. The molecule has 2 rings (SSSR count). The van der Waals surface area contributed by atoms with E-state index >= 15 is 0 Å². The van der Waals surface area contributed by atoms with Gasteiger partial charge in [0.05, 0.1) is 11.5 Å². The van der Waals surface area contributed by atoms with Crippen LogP contribution in [-0.4, -0.2) is 8.42 Å². The van der Waals surface area contributed by atoms with Crippen molar-refractivity contribution in [2.24, 2.45) is 0 Å². The molecule has 0 radical (unpaired) electrons. The van der Waals surface area contributed by atoms with Crippen molar-refractivity contribution in [3.8, 4) is 0 Å². The minimum atomic E-state index is -3.13. The summed E-state index contributed by atoms with van der Waals surface area (Å²) in [5.74, 6) is 0.205. The summed E-state index contributed by atoms with van der Waals surface area (Å²) >= 11 is 0. The van der Waals surface area contributed by atoms with Crippen LogP contribution in [0.3, 0.4) is 0 Å². The van der Waals surface area contributed by atoms with Crippen molar-refractivity contribution in [2.45, 2.75) is 25.4 Å². The van der Waals surface area contributed by atoms with Crippen molar-refractivity contribution in [3.05, 3.63) is 70.8 Å². The maximum absolute atomic E-state index is 12.2. The molecule has 2 aromatic rings. The zero-order chi connectivity index (χ0) is 13.9. The molecule has 0 N–H and O–H groups in total. The average Bonchev–Trinajstić information content (AvgIpc) is 2.34. The summed E-state index contributed by atoms with van der Waals surface area (Å²) < 4.78 is 24.5. The summed E-state index contributed by atoms with van der Waals surface area (Å²) in [7, 11) is -3.13. The Balaban J connectivity index is 2.20. The Morgan fingerprint density at radius 1 is 0.895 bits per heavy atom. The number of hydrogen-bond acceptors (Lipinski definition) is 2. The Hall–Kier alpha value is -1.61. The van der Waals surface area contributed by atoms with Crippen molar-refractivity contribution in [1.29, 1.82) is 0 Å². The molecule has 0 aliphatic heterocycles. The van der Waals surface area contributed by atoms with E-state index in [9.17, 15) is 8.42 Å². The van der Waals surface area contributed by atoms with Gasteiger partial charge >= 0.3 is 0 Å². The summed E-state index contributed by atoms with van der Waals surface area (Å²) in [5.41, 5.74) is 3.86. The van der Waals surface area contributed by atoms with Crippen LogP contribution in [0.4, 0.5) is 0 Å². The topological polar surface area (TPSA) is 34.1 Å². The molecule has 0 atom stereocenters. The molecule has 0 unspecified atom stereocenters. The number of hydrogen-bond donors (Lipinski definition) is 0. The van der Waals surface area contributed by atoms with Crippen LogP contribution < -0.4 is 0 Å². The first-order valence-corrected chi connectivity index (χ1v) is 8.09. The fourth-order valence-corrected chi connectivity index (χ4v) is 3.66. The summed E-state index contributed by atoms with van der Waals surface area (Å²) in [6.45, 7) is 3.93. The molecule has 0 spiro atoms. The number of sulfone groups is 1. The molecule has 0 saturated heterocycles. The Kier molecular flexibility index (Phi) is 4.05. The number of aryl methyl sites for hydroxylation is 2. The predicted octanol–water partition coefficient (Wildman–Crippen LogP) is 3.42. The average molecular weight is 274 g/mol. The molecule has 3 heteroatoms. The molecule has 0 aliphatic rings. The van der Waals surface area contributed by atoms with E-state index in [4.69, 9.17) is 0 Å². The zero-order valence-corrected chi connectivity index (χ0v) is 12.1. The first-order valence-electron chi connectivity index (χ1n) is 6.27. The molecule has 19 heavy (non-hydrogen) atoms. The molecule has 100 valence electrons. The third-order valence-corrected chi connectivity index (χ3v) is 4.63. The largest absolute Gasteiger partial charge is 0.228 e. The summed E-state index contributed by atoms with van der Waals surface area (Å²) in [6.07, 6.45) is 0. The quantitative estimate of drug-likeness (QED) is 0.856. The molecule has 0 amide bonds.